The van der Waals surface area contributed by atoms with Gasteiger partial charge in [-0.2, -0.15) is 0 Å². The van der Waals surface area contributed by atoms with Gasteiger partial charge in [0.15, 0.2) is 0 Å². The number of phenolic OH excluding ortho intramolecular Hbond substituents is 2. The quantitative estimate of drug-likeness (QED) is 0.548. The molecule has 27 heavy (non-hydrogen) atoms. The van der Waals surface area contributed by atoms with E-state index in [9.17, 15) is 10.2 Å². The lowest BCUT2D eigenvalue weighted by molar-refractivity contribution is 0.475. The summed E-state index contributed by atoms with van der Waals surface area (Å²) in [7, 11) is 0. The topological polar surface area (TPSA) is 40.5 Å². The summed E-state index contributed by atoms with van der Waals surface area (Å²) in [6.45, 7) is 22.3. The Morgan fingerprint density at radius 2 is 0.741 bits per heavy atom. The van der Waals surface area contributed by atoms with Gasteiger partial charge in [-0.05, 0) is 35.4 Å². The Bertz CT molecular complexity index is 427. The molecular formula is C25H46O2. The molecule has 0 saturated heterocycles. The predicted octanol–water partition coefficient (Wildman–Crippen LogP) is 8.77. The molecule has 2 heteroatoms. The lowest BCUT2D eigenvalue weighted by Crippen LogP contribution is -1.94. The average molecular weight is 379 g/mol. The van der Waals surface area contributed by atoms with Crippen LogP contribution in [0.3, 0.4) is 0 Å². The van der Waals surface area contributed by atoms with Crippen molar-refractivity contribution in [3.63, 3.8) is 0 Å². The zero-order chi connectivity index (χ0) is 22.3. The Morgan fingerprint density at radius 3 is 0.926 bits per heavy atom. The molecule has 0 heterocycles. The summed E-state index contributed by atoms with van der Waals surface area (Å²) in [6, 6.07) is 14.4. The van der Waals surface area contributed by atoms with Crippen molar-refractivity contribution in [2.45, 2.75) is 88.5 Å². The molecule has 0 aromatic heterocycles. The maximum absolute atomic E-state index is 9.21. The molecule has 0 spiro atoms. The lowest BCUT2D eigenvalue weighted by Gasteiger charge is -2.12. The Morgan fingerprint density at radius 1 is 0.556 bits per heavy atom. The van der Waals surface area contributed by atoms with Crippen molar-refractivity contribution in [2.24, 2.45) is 0 Å². The number of rotatable bonds is 2. The Labute approximate surface area is 170 Å². The third kappa shape index (κ3) is 17.2. The second kappa shape index (κ2) is 26.3. The van der Waals surface area contributed by atoms with Gasteiger partial charge in [0.25, 0.3) is 0 Å². The molecule has 2 aromatic carbocycles. The van der Waals surface area contributed by atoms with Gasteiger partial charge in [0.2, 0.25) is 0 Å². The average Bonchev–Trinajstić information content (AvgIpc) is 2.75. The van der Waals surface area contributed by atoms with Gasteiger partial charge in [0.05, 0.1) is 0 Å². The van der Waals surface area contributed by atoms with E-state index in [4.69, 9.17) is 0 Å². The smallest absolute Gasteiger partial charge is 0.115 e. The fourth-order valence-electron chi connectivity index (χ4n) is 1.72. The summed E-state index contributed by atoms with van der Waals surface area (Å²) in [5.74, 6) is 0.810. The highest BCUT2D eigenvalue weighted by molar-refractivity contribution is 5.36. The van der Waals surface area contributed by atoms with Crippen LogP contribution in [0.2, 0.25) is 0 Å². The van der Waals surface area contributed by atoms with Gasteiger partial charge in [-0.3, -0.25) is 0 Å². The second-order valence-electron chi connectivity index (χ2n) is 4.61. The molecule has 0 radical (unpaired) electrons. The van der Waals surface area contributed by atoms with Crippen LogP contribution in [0.25, 0.3) is 0 Å². The fourth-order valence-corrected chi connectivity index (χ4v) is 1.72. The highest BCUT2D eigenvalue weighted by atomic mass is 16.3. The highest BCUT2D eigenvalue weighted by Crippen LogP contribution is 2.26. The van der Waals surface area contributed by atoms with E-state index >= 15 is 0 Å². The zero-order valence-electron chi connectivity index (χ0n) is 19.8. The van der Waals surface area contributed by atoms with Crippen LogP contribution in [0.15, 0.2) is 48.5 Å². The number of phenols is 2. The van der Waals surface area contributed by atoms with Crippen LogP contribution in [0.5, 0.6) is 11.5 Å². The first-order valence-corrected chi connectivity index (χ1v) is 10.7. The maximum Gasteiger partial charge on any atom is 0.115 e. The van der Waals surface area contributed by atoms with E-state index < -0.39 is 0 Å². The summed E-state index contributed by atoms with van der Waals surface area (Å²) in [6.07, 6.45) is 1.25. The molecule has 158 valence electrons. The summed E-state index contributed by atoms with van der Waals surface area (Å²) < 4.78 is 0. The molecule has 2 nitrogen and oxygen atoms in total. The predicted molar refractivity (Wildman–Crippen MR) is 125 cm³/mol. The standard InChI is InChI=1S/C14H14O2.C3H8.4C2H6/c1-10(11-2-6-13(15)7-3-11)12-4-8-14(16)9-5-12;1-3-2;4*1-2/h2-10,15-16H,1H3;3H2,1-2H3;4*1-2H3. The van der Waals surface area contributed by atoms with Gasteiger partial charge in [-0.25, -0.2) is 0 Å². The Hall–Kier alpha value is -1.96. The molecule has 0 saturated carbocycles. The fraction of sp³-hybridized carbons (Fsp3) is 0.520. The van der Waals surface area contributed by atoms with Crippen LogP contribution < -0.4 is 0 Å². The molecule has 0 aliphatic heterocycles. The number of benzene rings is 2. The largest absolute Gasteiger partial charge is 0.508 e. The summed E-state index contributed by atoms with van der Waals surface area (Å²) in [4.78, 5) is 0. The molecule has 0 aliphatic rings. The third-order valence-electron chi connectivity index (χ3n) is 2.79. The van der Waals surface area contributed by atoms with Gasteiger partial charge in [-0.15, -0.1) is 0 Å². The van der Waals surface area contributed by atoms with Gasteiger partial charge < -0.3 is 10.2 Å². The van der Waals surface area contributed by atoms with Gasteiger partial charge >= 0.3 is 0 Å². The van der Waals surface area contributed by atoms with Crippen LogP contribution in [-0.2, 0) is 0 Å². The molecule has 2 rings (SSSR count). The van der Waals surface area contributed by atoms with Crippen LogP contribution in [0.4, 0.5) is 0 Å². The summed E-state index contributed by atoms with van der Waals surface area (Å²) in [5, 5.41) is 18.4. The summed E-state index contributed by atoms with van der Waals surface area (Å²) >= 11 is 0. The normalized spacial score (nSPS) is 7.85. The van der Waals surface area contributed by atoms with E-state index in [1.165, 1.54) is 6.42 Å². The van der Waals surface area contributed by atoms with Crippen LogP contribution in [0, 0.1) is 0 Å². The summed E-state index contributed by atoms with van der Waals surface area (Å²) in [5.41, 5.74) is 2.28. The molecule has 2 aromatic rings. The van der Waals surface area contributed by atoms with E-state index in [2.05, 4.69) is 20.8 Å². The Kier molecular flexibility index (Phi) is 31.8. The molecule has 0 unspecified atom stereocenters. The van der Waals surface area contributed by atoms with E-state index in [1.54, 1.807) is 24.3 Å². The Balaban J connectivity index is -0.000000206. The van der Waals surface area contributed by atoms with Crippen LogP contribution in [0.1, 0.15) is 99.6 Å². The molecule has 0 amide bonds. The van der Waals surface area contributed by atoms with Crippen molar-refractivity contribution in [2.75, 3.05) is 0 Å². The molecular weight excluding hydrogens is 332 g/mol. The van der Waals surface area contributed by atoms with Crippen molar-refractivity contribution in [3.8, 4) is 11.5 Å². The van der Waals surface area contributed by atoms with E-state index in [0.717, 1.165) is 11.1 Å². The van der Waals surface area contributed by atoms with Gasteiger partial charge in [0, 0.05) is 5.92 Å². The van der Waals surface area contributed by atoms with E-state index in [-0.39, 0.29) is 17.4 Å². The molecule has 0 fully saturated rings. The SMILES string of the molecule is CC.CC.CC.CC.CC(c1ccc(O)cc1)c1ccc(O)cc1.CCC. The van der Waals surface area contributed by atoms with Crippen molar-refractivity contribution in [1.82, 2.24) is 0 Å². The minimum absolute atomic E-state index is 0.251. The minimum Gasteiger partial charge on any atom is -0.508 e. The van der Waals surface area contributed by atoms with Crippen LogP contribution in [-0.4, -0.2) is 10.2 Å². The number of aromatic hydroxyl groups is 2. The minimum atomic E-state index is 0.251. The monoisotopic (exact) mass is 378 g/mol. The molecule has 0 atom stereocenters. The first-order valence-electron chi connectivity index (χ1n) is 10.7. The first-order chi connectivity index (χ1) is 13.1. The van der Waals surface area contributed by atoms with Crippen molar-refractivity contribution < 1.29 is 10.2 Å². The maximum atomic E-state index is 9.21. The van der Waals surface area contributed by atoms with Crippen LogP contribution >= 0.6 is 0 Å². The van der Waals surface area contributed by atoms with Crippen molar-refractivity contribution in [3.05, 3.63) is 59.7 Å². The van der Waals surface area contributed by atoms with E-state index in [0.29, 0.717) is 0 Å². The van der Waals surface area contributed by atoms with Crippen molar-refractivity contribution in [1.29, 1.82) is 0 Å². The third-order valence-corrected chi connectivity index (χ3v) is 2.79. The second-order valence-corrected chi connectivity index (χ2v) is 4.61. The highest BCUT2D eigenvalue weighted by Gasteiger charge is 2.07. The number of hydrogen-bond donors (Lipinski definition) is 2. The number of hydrogen-bond acceptors (Lipinski definition) is 2. The van der Waals surface area contributed by atoms with Crippen molar-refractivity contribution >= 4 is 0 Å². The molecule has 0 aliphatic carbocycles. The van der Waals surface area contributed by atoms with E-state index in [1.807, 2.05) is 79.7 Å². The zero-order valence-corrected chi connectivity index (χ0v) is 19.8. The molecule has 0 bridgehead atoms. The first kappa shape index (κ1) is 32.7. The molecule has 2 N–H and O–H groups in total. The lowest BCUT2D eigenvalue weighted by atomic mass is 9.93. The van der Waals surface area contributed by atoms with Gasteiger partial charge in [0.1, 0.15) is 11.5 Å². The van der Waals surface area contributed by atoms with Gasteiger partial charge in [-0.1, -0.05) is 107 Å².